The number of carbonyl (C=O) groups excluding carboxylic acids is 1. The van der Waals surface area contributed by atoms with Crippen molar-refractivity contribution in [2.75, 3.05) is 0 Å². The van der Waals surface area contributed by atoms with Crippen LogP contribution < -0.4 is 0 Å². The Morgan fingerprint density at radius 3 is 2.22 bits per heavy atom. The van der Waals surface area contributed by atoms with Crippen molar-refractivity contribution in [3.05, 3.63) is 55.9 Å². The molecule has 0 N–H and O–H groups in total. The molecule has 0 fully saturated rings. The lowest BCUT2D eigenvalue weighted by Gasteiger charge is -2.00. The van der Waals surface area contributed by atoms with Crippen molar-refractivity contribution in [2.45, 2.75) is 84.0 Å². The van der Waals surface area contributed by atoms with Crippen LogP contribution in [-0.2, 0) is 4.79 Å². The molecule has 27 heavy (non-hydrogen) atoms. The predicted molar refractivity (Wildman–Crippen MR) is 106 cm³/mol. The van der Waals surface area contributed by atoms with Gasteiger partial charge < -0.3 is 0 Å². The van der Waals surface area contributed by atoms with E-state index in [1.165, 1.54) is 18.6 Å². The van der Waals surface area contributed by atoms with Crippen LogP contribution in [0.25, 0.3) is 0 Å². The average Bonchev–Trinajstić information content (AvgIpc) is 2.63. The predicted octanol–water partition coefficient (Wildman–Crippen LogP) is 5.67. The topological polar surface area (TPSA) is 103 Å². The second-order valence-electron chi connectivity index (χ2n) is 6.37. The van der Waals surface area contributed by atoms with E-state index in [1.54, 1.807) is 0 Å². The highest BCUT2D eigenvalue weighted by atomic mass is 16.6. The molecule has 0 heterocycles. The molecule has 0 bridgehead atoms. The van der Waals surface area contributed by atoms with Crippen LogP contribution >= 0.6 is 0 Å². The van der Waals surface area contributed by atoms with Gasteiger partial charge in [-0.1, -0.05) is 44.8 Å². The molecular weight excluding hydrogens is 348 g/mol. The number of rotatable bonds is 17. The molecule has 0 amide bonds. The maximum atomic E-state index is 11.1. The van der Waals surface area contributed by atoms with Gasteiger partial charge in [-0.25, -0.2) is 0 Å². The van der Waals surface area contributed by atoms with Crippen LogP contribution in [0, 0.1) is 20.2 Å². The Morgan fingerprint density at radius 1 is 0.889 bits per heavy atom. The number of hydrogen-bond acceptors (Lipinski definition) is 5. The fourth-order valence-corrected chi connectivity index (χ4v) is 2.51. The molecule has 0 aliphatic carbocycles. The summed E-state index contributed by atoms with van der Waals surface area (Å²) in [4.78, 5) is 31.4. The van der Waals surface area contributed by atoms with Gasteiger partial charge in [-0.3, -0.25) is 25.0 Å². The Kier molecular flexibility index (Phi) is 15.7. The van der Waals surface area contributed by atoms with Crippen molar-refractivity contribution >= 4 is 6.29 Å². The molecule has 0 spiro atoms. The molecule has 151 valence electrons. The minimum absolute atomic E-state index is 0.0137. The van der Waals surface area contributed by atoms with Crippen molar-refractivity contribution in [1.82, 2.24) is 0 Å². The third-order valence-corrected chi connectivity index (χ3v) is 4.11. The van der Waals surface area contributed by atoms with Gasteiger partial charge >= 0.3 is 0 Å². The summed E-state index contributed by atoms with van der Waals surface area (Å²) in [7, 11) is 0. The second kappa shape index (κ2) is 17.1. The SMILES string of the molecule is CCCCC/C=C\C/C=C(\C/C=C(\CCCCCC[C]=O)[N+](=O)[O-])[N+](=O)[O-]. The Labute approximate surface area is 161 Å². The van der Waals surface area contributed by atoms with E-state index in [9.17, 15) is 25.0 Å². The van der Waals surface area contributed by atoms with E-state index in [4.69, 9.17) is 0 Å². The first-order chi connectivity index (χ1) is 13.0. The van der Waals surface area contributed by atoms with Gasteiger partial charge in [-0.2, -0.15) is 0 Å². The molecule has 0 aromatic heterocycles. The summed E-state index contributed by atoms with van der Waals surface area (Å²) in [5.41, 5.74) is -0.00566. The highest BCUT2D eigenvalue weighted by molar-refractivity contribution is 5.50. The third kappa shape index (κ3) is 14.5. The van der Waals surface area contributed by atoms with E-state index in [1.807, 2.05) is 18.4 Å². The highest BCUT2D eigenvalue weighted by Gasteiger charge is 2.14. The Bertz CT molecular complexity index is 538. The molecule has 0 aromatic rings. The summed E-state index contributed by atoms with van der Waals surface area (Å²) in [5.74, 6) is 0. The van der Waals surface area contributed by atoms with E-state index in [-0.39, 0.29) is 24.2 Å². The molecule has 0 saturated heterocycles. The standard InChI is InChI=1S/C20H31N2O5/c1-2-3-4-5-6-8-11-14-19(21(24)25)16-17-20(22(26)27)15-12-9-7-10-13-18-23/h6,8,14,17H,2-5,7,9-13,15-16H2,1H3/b8-6-,19-14+,20-17+. The minimum atomic E-state index is -0.477. The smallest absolute Gasteiger partial charge is 0.246 e. The molecule has 7 nitrogen and oxygen atoms in total. The van der Waals surface area contributed by atoms with Crippen LogP contribution in [0.1, 0.15) is 84.0 Å². The Hall–Kier alpha value is -2.31. The molecule has 7 heteroatoms. The largest absolute Gasteiger partial charge is 0.291 e. The molecule has 0 unspecified atom stereocenters. The van der Waals surface area contributed by atoms with Gasteiger partial charge in [-0.05, 0) is 44.3 Å². The van der Waals surface area contributed by atoms with Gasteiger partial charge in [0, 0.05) is 12.8 Å². The lowest BCUT2D eigenvalue weighted by Crippen LogP contribution is -2.02. The van der Waals surface area contributed by atoms with Crippen molar-refractivity contribution in [2.24, 2.45) is 0 Å². The normalized spacial score (nSPS) is 12.5. The van der Waals surface area contributed by atoms with E-state index in [0.717, 1.165) is 38.5 Å². The zero-order valence-corrected chi connectivity index (χ0v) is 16.2. The summed E-state index contributed by atoms with van der Waals surface area (Å²) >= 11 is 0. The summed E-state index contributed by atoms with van der Waals surface area (Å²) in [5, 5.41) is 22.2. The van der Waals surface area contributed by atoms with Gasteiger partial charge in [0.05, 0.1) is 16.3 Å². The van der Waals surface area contributed by atoms with Gasteiger partial charge in [0.1, 0.15) is 0 Å². The zero-order chi connectivity index (χ0) is 20.3. The van der Waals surface area contributed by atoms with Gasteiger partial charge in [0.2, 0.25) is 11.4 Å². The number of unbranched alkanes of at least 4 members (excludes halogenated alkanes) is 7. The molecule has 0 aliphatic rings. The maximum Gasteiger partial charge on any atom is 0.246 e. The zero-order valence-electron chi connectivity index (χ0n) is 16.2. The number of nitro groups is 2. The Morgan fingerprint density at radius 2 is 1.59 bits per heavy atom. The van der Waals surface area contributed by atoms with Gasteiger partial charge in [0.15, 0.2) is 6.29 Å². The van der Waals surface area contributed by atoms with Crippen molar-refractivity contribution in [3.63, 3.8) is 0 Å². The van der Waals surface area contributed by atoms with E-state index in [2.05, 4.69) is 6.92 Å². The molecule has 0 rings (SSSR count). The van der Waals surface area contributed by atoms with Crippen LogP contribution in [0.15, 0.2) is 35.7 Å². The lowest BCUT2D eigenvalue weighted by molar-refractivity contribution is -0.432. The fraction of sp³-hybridized carbons (Fsp3) is 0.650. The first-order valence-corrected chi connectivity index (χ1v) is 9.69. The fourth-order valence-electron chi connectivity index (χ4n) is 2.51. The van der Waals surface area contributed by atoms with E-state index in [0.29, 0.717) is 19.3 Å². The number of allylic oxidation sites excluding steroid dienone is 5. The molecule has 0 atom stereocenters. The highest BCUT2D eigenvalue weighted by Crippen LogP contribution is 2.15. The number of hydrogen-bond donors (Lipinski definition) is 0. The number of nitrogens with zero attached hydrogens (tertiary/aromatic N) is 2. The van der Waals surface area contributed by atoms with Crippen LogP contribution in [0.3, 0.4) is 0 Å². The second-order valence-corrected chi connectivity index (χ2v) is 6.37. The minimum Gasteiger partial charge on any atom is -0.291 e. The third-order valence-electron chi connectivity index (χ3n) is 4.11. The van der Waals surface area contributed by atoms with E-state index >= 15 is 0 Å². The quantitative estimate of drug-likeness (QED) is 0.140. The summed E-state index contributed by atoms with van der Waals surface area (Å²) in [6, 6.07) is 0. The van der Waals surface area contributed by atoms with Gasteiger partial charge in [-0.15, -0.1) is 0 Å². The van der Waals surface area contributed by atoms with Crippen molar-refractivity contribution in [1.29, 1.82) is 0 Å². The summed E-state index contributed by atoms with van der Waals surface area (Å²) < 4.78 is 0. The molecule has 0 aromatic carbocycles. The van der Waals surface area contributed by atoms with Gasteiger partial charge in [0.25, 0.3) is 0 Å². The summed E-state index contributed by atoms with van der Waals surface area (Å²) in [6.07, 6.45) is 17.0. The van der Waals surface area contributed by atoms with Crippen LogP contribution in [0.5, 0.6) is 0 Å². The average molecular weight is 379 g/mol. The van der Waals surface area contributed by atoms with Crippen LogP contribution in [-0.4, -0.2) is 16.1 Å². The summed E-state index contributed by atoms with van der Waals surface area (Å²) in [6.45, 7) is 2.13. The van der Waals surface area contributed by atoms with E-state index < -0.39 is 9.85 Å². The molecule has 1 radical (unpaired) electrons. The molecule has 0 saturated carbocycles. The molecular formula is C20H31N2O5. The Balaban J connectivity index is 4.51. The molecule has 0 aliphatic heterocycles. The van der Waals surface area contributed by atoms with Crippen LogP contribution in [0.2, 0.25) is 0 Å². The lowest BCUT2D eigenvalue weighted by atomic mass is 10.1. The first kappa shape index (κ1) is 24.7. The first-order valence-electron chi connectivity index (χ1n) is 9.69. The monoisotopic (exact) mass is 379 g/mol. The van der Waals surface area contributed by atoms with Crippen molar-refractivity contribution < 1.29 is 14.6 Å². The maximum absolute atomic E-state index is 11.1. The van der Waals surface area contributed by atoms with Crippen LogP contribution in [0.4, 0.5) is 0 Å². The van der Waals surface area contributed by atoms with Crippen molar-refractivity contribution in [3.8, 4) is 0 Å².